The van der Waals surface area contributed by atoms with Gasteiger partial charge in [-0.2, -0.15) is 18.3 Å². The molecule has 0 spiro atoms. The number of benzene rings is 1. The minimum atomic E-state index is -4.48. The fraction of sp³-hybridized carbons (Fsp3) is 0.423. The molecule has 3 fully saturated rings. The van der Waals surface area contributed by atoms with Gasteiger partial charge in [-0.1, -0.05) is 12.1 Å². The summed E-state index contributed by atoms with van der Waals surface area (Å²) in [5.41, 5.74) is -2.04. The number of fused-ring (bicyclic) bond motifs is 4. The summed E-state index contributed by atoms with van der Waals surface area (Å²) < 4.78 is 53.7. The van der Waals surface area contributed by atoms with Crippen LogP contribution in [0.25, 0.3) is 5.65 Å². The number of carbonyl (C=O) groups excluding carboxylic acids is 2. The van der Waals surface area contributed by atoms with Crippen LogP contribution >= 0.6 is 0 Å². The molecule has 13 heteroatoms. The van der Waals surface area contributed by atoms with Crippen LogP contribution in [-0.2, 0) is 17.5 Å². The molecule has 2 aromatic heterocycles. The smallest absolute Gasteiger partial charge is 0.416 e. The highest BCUT2D eigenvalue weighted by molar-refractivity contribution is 5.98. The van der Waals surface area contributed by atoms with Gasteiger partial charge in [-0.25, -0.2) is 13.9 Å². The van der Waals surface area contributed by atoms with Crippen LogP contribution in [0.3, 0.4) is 0 Å². The molecule has 1 aromatic carbocycles. The van der Waals surface area contributed by atoms with Gasteiger partial charge in [0.1, 0.15) is 11.4 Å². The number of nitrogens with zero attached hydrogens (tertiary/aromatic N) is 3. The predicted octanol–water partition coefficient (Wildman–Crippen LogP) is 3.97. The molecule has 6 rings (SSSR count). The van der Waals surface area contributed by atoms with Crippen LogP contribution in [0.1, 0.15) is 70.6 Å². The molecule has 0 unspecified atom stereocenters. The Morgan fingerprint density at radius 3 is 2.21 bits per heavy atom. The Labute approximate surface area is 219 Å². The molecule has 206 valence electrons. The maximum Gasteiger partial charge on any atom is 0.416 e. The molecule has 0 radical (unpaired) electrons. The first-order chi connectivity index (χ1) is 18.4. The van der Waals surface area contributed by atoms with Crippen LogP contribution < -0.4 is 10.6 Å². The summed E-state index contributed by atoms with van der Waals surface area (Å²) in [6.07, 6.45) is 0.0273. The summed E-state index contributed by atoms with van der Waals surface area (Å²) in [6.45, 7) is 0.179. The molecule has 3 aromatic rings. The molecule has 2 bridgehead atoms. The highest BCUT2D eigenvalue weighted by Gasteiger charge is 2.52. The van der Waals surface area contributed by atoms with Gasteiger partial charge in [0.25, 0.3) is 11.8 Å². The number of carboxylic acids is 1. The fourth-order valence-corrected chi connectivity index (χ4v) is 5.51. The minimum Gasteiger partial charge on any atom is -0.481 e. The maximum absolute atomic E-state index is 14.4. The Morgan fingerprint density at radius 2 is 1.62 bits per heavy atom. The number of carboxylic acid groups (broad SMARTS) is 1. The van der Waals surface area contributed by atoms with Crippen molar-refractivity contribution in [2.45, 2.75) is 51.2 Å². The zero-order valence-electron chi connectivity index (χ0n) is 20.6. The standard InChI is InChI=1S/C26H25F4N5O4/c27-17-13-33-35-19(22(37)32-14-24-5-8-25(9-6-24,10-7-24)23(38)39)11-18(34-20(17)35)21(36)31-12-15-1-3-16(4-2-15)26(28,29)30/h1-4,11,13H,5-10,12,14H2,(H,31,36)(H,32,37)(H,38,39). The van der Waals surface area contributed by atoms with Gasteiger partial charge < -0.3 is 15.7 Å². The van der Waals surface area contributed by atoms with Gasteiger partial charge in [0.15, 0.2) is 11.5 Å². The van der Waals surface area contributed by atoms with Gasteiger partial charge in [0, 0.05) is 19.2 Å². The lowest BCUT2D eigenvalue weighted by atomic mass is 9.53. The van der Waals surface area contributed by atoms with E-state index in [9.17, 15) is 37.1 Å². The number of amides is 2. The van der Waals surface area contributed by atoms with E-state index in [1.165, 1.54) is 18.2 Å². The molecule has 3 aliphatic carbocycles. The summed E-state index contributed by atoms with van der Waals surface area (Å²) in [6, 6.07) is 5.43. The second-order valence-electron chi connectivity index (χ2n) is 10.4. The van der Waals surface area contributed by atoms with Gasteiger partial charge in [0.05, 0.1) is 17.2 Å². The highest BCUT2D eigenvalue weighted by Crippen LogP contribution is 2.56. The van der Waals surface area contributed by atoms with E-state index in [1.54, 1.807) is 0 Å². The number of rotatable bonds is 7. The number of alkyl halides is 3. The SMILES string of the molecule is O=C(NCc1ccc(C(F)(F)F)cc1)c1cc(C(=O)NCC23CCC(C(=O)O)(CC2)CC3)n2ncc(F)c2n1. The molecule has 0 aliphatic heterocycles. The largest absolute Gasteiger partial charge is 0.481 e. The van der Waals surface area contributed by atoms with Crippen molar-refractivity contribution in [3.63, 3.8) is 0 Å². The van der Waals surface area contributed by atoms with Gasteiger partial charge in [0.2, 0.25) is 0 Å². The fourth-order valence-electron chi connectivity index (χ4n) is 5.51. The summed E-state index contributed by atoms with van der Waals surface area (Å²) in [5, 5.41) is 18.8. The van der Waals surface area contributed by atoms with Gasteiger partial charge in [-0.05, 0) is 61.6 Å². The summed E-state index contributed by atoms with van der Waals surface area (Å²) in [5.74, 6) is -2.97. The number of carbonyl (C=O) groups is 3. The van der Waals surface area contributed by atoms with Crippen molar-refractivity contribution in [2.24, 2.45) is 10.8 Å². The average Bonchev–Trinajstić information content (AvgIpc) is 3.31. The summed E-state index contributed by atoms with van der Waals surface area (Å²) in [4.78, 5) is 41.6. The van der Waals surface area contributed by atoms with Crippen LogP contribution in [0.5, 0.6) is 0 Å². The molecule has 3 saturated carbocycles. The van der Waals surface area contributed by atoms with Crippen LogP contribution in [0, 0.1) is 16.6 Å². The van der Waals surface area contributed by atoms with Crippen LogP contribution in [0.15, 0.2) is 36.5 Å². The number of hydrogen-bond donors (Lipinski definition) is 3. The van der Waals surface area contributed by atoms with Crippen molar-refractivity contribution >= 4 is 23.4 Å². The molecule has 39 heavy (non-hydrogen) atoms. The molecule has 2 amide bonds. The van der Waals surface area contributed by atoms with E-state index in [1.807, 2.05) is 0 Å². The number of aliphatic carboxylic acids is 1. The third-order valence-electron chi connectivity index (χ3n) is 8.11. The maximum atomic E-state index is 14.4. The van der Waals surface area contributed by atoms with Gasteiger partial charge in [-0.3, -0.25) is 14.4 Å². The van der Waals surface area contributed by atoms with Crippen molar-refractivity contribution in [1.82, 2.24) is 25.2 Å². The number of aromatic nitrogens is 3. The molecule has 0 saturated heterocycles. The molecule has 3 aliphatic rings. The summed E-state index contributed by atoms with van der Waals surface area (Å²) in [7, 11) is 0. The summed E-state index contributed by atoms with van der Waals surface area (Å²) >= 11 is 0. The molecule has 2 heterocycles. The van der Waals surface area contributed by atoms with Gasteiger partial charge in [-0.15, -0.1) is 0 Å². The van der Waals surface area contributed by atoms with Crippen molar-refractivity contribution in [2.75, 3.05) is 6.54 Å². The molecule has 9 nitrogen and oxygen atoms in total. The van der Waals surface area contributed by atoms with Crippen LogP contribution in [-0.4, -0.2) is 44.0 Å². The molecule has 3 N–H and O–H groups in total. The number of halogens is 4. The zero-order valence-corrected chi connectivity index (χ0v) is 20.6. The monoisotopic (exact) mass is 547 g/mol. The van der Waals surface area contributed by atoms with Crippen molar-refractivity contribution in [1.29, 1.82) is 0 Å². The Hall–Kier alpha value is -4.03. The van der Waals surface area contributed by atoms with Gasteiger partial charge >= 0.3 is 12.1 Å². The second kappa shape index (κ2) is 9.62. The predicted molar refractivity (Wildman–Crippen MR) is 128 cm³/mol. The van der Waals surface area contributed by atoms with E-state index in [0.29, 0.717) is 50.6 Å². The van der Waals surface area contributed by atoms with E-state index in [0.717, 1.165) is 22.8 Å². The molecular formula is C26H25F4N5O4. The zero-order chi connectivity index (χ0) is 28.0. The Bertz CT molecular complexity index is 1430. The lowest BCUT2D eigenvalue weighted by Crippen LogP contribution is -2.50. The number of nitrogens with one attached hydrogen (secondary N) is 2. The topological polar surface area (TPSA) is 126 Å². The third kappa shape index (κ3) is 5.04. The quantitative estimate of drug-likeness (QED) is 0.385. The first-order valence-corrected chi connectivity index (χ1v) is 12.4. The van der Waals surface area contributed by atoms with Crippen LogP contribution in [0.4, 0.5) is 17.6 Å². The Kier molecular flexibility index (Phi) is 6.55. The molecular weight excluding hydrogens is 522 g/mol. The Balaban J connectivity index is 1.29. The van der Waals surface area contributed by atoms with E-state index in [2.05, 4.69) is 20.7 Å². The lowest BCUT2D eigenvalue weighted by Gasteiger charge is -2.51. The third-order valence-corrected chi connectivity index (χ3v) is 8.11. The minimum absolute atomic E-state index is 0.118. The Morgan fingerprint density at radius 1 is 0.974 bits per heavy atom. The first kappa shape index (κ1) is 26.6. The van der Waals surface area contributed by atoms with Crippen molar-refractivity contribution < 1.29 is 37.1 Å². The second-order valence-corrected chi connectivity index (χ2v) is 10.4. The van der Waals surface area contributed by atoms with E-state index in [4.69, 9.17) is 0 Å². The van der Waals surface area contributed by atoms with Crippen molar-refractivity contribution in [3.8, 4) is 0 Å². The first-order valence-electron chi connectivity index (χ1n) is 12.4. The number of hydrogen-bond acceptors (Lipinski definition) is 5. The average molecular weight is 548 g/mol. The van der Waals surface area contributed by atoms with E-state index in [-0.39, 0.29) is 29.0 Å². The van der Waals surface area contributed by atoms with E-state index >= 15 is 0 Å². The van der Waals surface area contributed by atoms with Crippen LogP contribution in [0.2, 0.25) is 0 Å². The van der Waals surface area contributed by atoms with Crippen molar-refractivity contribution in [3.05, 3.63) is 64.9 Å². The lowest BCUT2D eigenvalue weighted by molar-refractivity contribution is -0.158. The molecule has 0 atom stereocenters. The van der Waals surface area contributed by atoms with E-state index < -0.39 is 40.8 Å². The highest BCUT2D eigenvalue weighted by atomic mass is 19.4. The normalized spacial score (nSPS) is 22.6.